The van der Waals surface area contributed by atoms with Crippen LogP contribution in [0.1, 0.15) is 30.7 Å². The summed E-state index contributed by atoms with van der Waals surface area (Å²) in [6, 6.07) is 0.427. The predicted octanol–water partition coefficient (Wildman–Crippen LogP) is 0.0536. The quantitative estimate of drug-likeness (QED) is 0.498. The lowest BCUT2D eigenvalue weighted by molar-refractivity contribution is -0.119. The summed E-state index contributed by atoms with van der Waals surface area (Å²) in [5.41, 5.74) is 7.77. The number of hydrazine groups is 1. The van der Waals surface area contributed by atoms with Crippen LogP contribution < -0.4 is 17.0 Å². The molecule has 1 heterocycles. The third kappa shape index (κ3) is 3.37. The van der Waals surface area contributed by atoms with Gasteiger partial charge in [0.15, 0.2) is 0 Å². The third-order valence-corrected chi connectivity index (χ3v) is 3.97. The molecule has 100 valence electrons. The van der Waals surface area contributed by atoms with Gasteiger partial charge >= 0.3 is 0 Å². The number of primary amides is 1. The van der Waals surface area contributed by atoms with Crippen molar-refractivity contribution in [2.24, 2.45) is 11.6 Å². The van der Waals surface area contributed by atoms with E-state index in [2.05, 4.69) is 20.5 Å². The van der Waals surface area contributed by atoms with Crippen LogP contribution in [0.2, 0.25) is 0 Å². The summed E-state index contributed by atoms with van der Waals surface area (Å²) in [5.74, 6) is 4.96. The Labute approximate surface area is 110 Å². The zero-order valence-corrected chi connectivity index (χ0v) is 10.9. The molecule has 1 saturated carbocycles. The lowest BCUT2D eigenvalue weighted by atomic mass is 10.2. The molecule has 1 aliphatic carbocycles. The number of carbonyl (C=O) groups excluding carboxylic acids is 1. The fourth-order valence-corrected chi connectivity index (χ4v) is 3.01. The van der Waals surface area contributed by atoms with Crippen molar-refractivity contribution in [1.82, 2.24) is 15.1 Å². The maximum atomic E-state index is 11.1. The minimum absolute atomic E-state index is 0.273. The van der Waals surface area contributed by atoms with Gasteiger partial charge in [-0.1, -0.05) is 24.2 Å². The van der Waals surface area contributed by atoms with Crippen molar-refractivity contribution < 1.29 is 4.79 Å². The average molecular weight is 270 g/mol. The molecule has 8 heteroatoms. The van der Waals surface area contributed by atoms with Gasteiger partial charge in [0.1, 0.15) is 5.01 Å². The Morgan fingerprint density at radius 3 is 2.72 bits per heavy atom. The second kappa shape index (κ2) is 6.07. The first-order chi connectivity index (χ1) is 8.69. The van der Waals surface area contributed by atoms with Gasteiger partial charge in [0.05, 0.1) is 13.1 Å². The number of carbonyl (C=O) groups is 1. The summed E-state index contributed by atoms with van der Waals surface area (Å²) in [5, 5.41) is 9.34. The fourth-order valence-electron chi connectivity index (χ4n) is 2.33. The van der Waals surface area contributed by atoms with Crippen LogP contribution in [0.25, 0.3) is 0 Å². The third-order valence-electron chi connectivity index (χ3n) is 3.13. The van der Waals surface area contributed by atoms with E-state index in [9.17, 15) is 4.79 Å². The van der Waals surface area contributed by atoms with Crippen LogP contribution >= 0.6 is 11.3 Å². The first-order valence-corrected chi connectivity index (χ1v) is 6.82. The molecular formula is C10H18N6OS. The summed E-state index contributed by atoms with van der Waals surface area (Å²) in [4.78, 5) is 13.2. The number of aromatic nitrogens is 2. The molecule has 0 bridgehead atoms. The Balaban J connectivity index is 2.01. The van der Waals surface area contributed by atoms with Crippen LogP contribution in [0, 0.1) is 0 Å². The van der Waals surface area contributed by atoms with Crippen LogP contribution in [-0.2, 0) is 11.3 Å². The van der Waals surface area contributed by atoms with Crippen molar-refractivity contribution in [2.45, 2.75) is 38.3 Å². The minimum Gasteiger partial charge on any atom is -0.369 e. The molecule has 1 amide bonds. The second-order valence-electron chi connectivity index (χ2n) is 4.45. The highest BCUT2D eigenvalue weighted by Crippen LogP contribution is 2.25. The number of rotatable bonds is 6. The van der Waals surface area contributed by atoms with Crippen molar-refractivity contribution in [3.05, 3.63) is 5.01 Å². The Hall–Kier alpha value is -1.25. The standard InChI is InChI=1S/C10H18N6OS/c11-8(17)5-16(7-3-1-2-4-7)6-9-14-15-10(13-12)18-9/h7H,1-6,12H2,(H2,11,17)(H,13,15). The van der Waals surface area contributed by atoms with Crippen LogP contribution in [0.3, 0.4) is 0 Å². The van der Waals surface area contributed by atoms with E-state index in [0.717, 1.165) is 17.8 Å². The number of amides is 1. The van der Waals surface area contributed by atoms with Gasteiger partial charge in [0.25, 0.3) is 0 Å². The van der Waals surface area contributed by atoms with Crippen molar-refractivity contribution in [2.75, 3.05) is 12.0 Å². The van der Waals surface area contributed by atoms with Crippen molar-refractivity contribution >= 4 is 22.4 Å². The van der Waals surface area contributed by atoms with Crippen LogP contribution in [0.4, 0.5) is 5.13 Å². The van der Waals surface area contributed by atoms with Crippen LogP contribution in [0.15, 0.2) is 0 Å². The zero-order valence-electron chi connectivity index (χ0n) is 10.1. The molecule has 2 rings (SSSR count). The van der Waals surface area contributed by atoms with Gasteiger partial charge in [0, 0.05) is 6.04 Å². The van der Waals surface area contributed by atoms with Crippen LogP contribution in [-0.4, -0.2) is 33.6 Å². The number of anilines is 1. The molecular weight excluding hydrogens is 252 g/mol. The van der Waals surface area contributed by atoms with E-state index in [0.29, 0.717) is 17.7 Å². The van der Waals surface area contributed by atoms with Crippen LogP contribution in [0.5, 0.6) is 0 Å². The summed E-state index contributed by atoms with van der Waals surface area (Å²) in [6.07, 6.45) is 4.67. The average Bonchev–Trinajstić information content (AvgIpc) is 2.98. The Bertz CT molecular complexity index is 403. The van der Waals surface area contributed by atoms with Gasteiger partial charge in [0.2, 0.25) is 11.0 Å². The highest BCUT2D eigenvalue weighted by atomic mass is 32.1. The molecule has 0 unspecified atom stereocenters. The lowest BCUT2D eigenvalue weighted by Gasteiger charge is -2.26. The molecule has 7 nitrogen and oxygen atoms in total. The van der Waals surface area contributed by atoms with Gasteiger partial charge in [-0.05, 0) is 12.8 Å². The van der Waals surface area contributed by atoms with Crippen molar-refractivity contribution in [3.63, 3.8) is 0 Å². The Kier molecular flexibility index (Phi) is 4.45. The SMILES string of the molecule is NNc1nnc(CN(CC(N)=O)C2CCCC2)s1. The fraction of sp³-hybridized carbons (Fsp3) is 0.700. The van der Waals surface area contributed by atoms with Gasteiger partial charge in [-0.25, -0.2) is 5.84 Å². The number of nitrogens with two attached hydrogens (primary N) is 2. The van der Waals surface area contributed by atoms with Gasteiger partial charge < -0.3 is 5.73 Å². The zero-order chi connectivity index (χ0) is 13.0. The lowest BCUT2D eigenvalue weighted by Crippen LogP contribution is -2.39. The topological polar surface area (TPSA) is 110 Å². The smallest absolute Gasteiger partial charge is 0.231 e. The number of nitrogens with one attached hydrogen (secondary N) is 1. The number of nitrogens with zero attached hydrogens (tertiary/aromatic N) is 3. The number of hydrogen-bond acceptors (Lipinski definition) is 7. The molecule has 5 N–H and O–H groups in total. The van der Waals surface area contributed by atoms with E-state index >= 15 is 0 Å². The molecule has 0 aromatic carbocycles. The molecule has 18 heavy (non-hydrogen) atoms. The van der Waals surface area contributed by atoms with E-state index in [1.165, 1.54) is 24.2 Å². The first kappa shape index (κ1) is 13.2. The molecule has 1 aliphatic rings. The maximum Gasteiger partial charge on any atom is 0.231 e. The normalized spacial score (nSPS) is 16.3. The molecule has 0 atom stereocenters. The maximum absolute atomic E-state index is 11.1. The number of hydrogen-bond donors (Lipinski definition) is 3. The Morgan fingerprint density at radius 2 is 2.17 bits per heavy atom. The highest BCUT2D eigenvalue weighted by Gasteiger charge is 2.24. The van der Waals surface area contributed by atoms with Gasteiger partial charge in [-0.15, -0.1) is 10.2 Å². The van der Waals surface area contributed by atoms with E-state index in [1.54, 1.807) is 0 Å². The number of nitrogen functional groups attached to an aromatic ring is 1. The molecule has 1 aromatic heterocycles. The van der Waals surface area contributed by atoms with E-state index in [1.807, 2.05) is 0 Å². The van der Waals surface area contributed by atoms with Crippen molar-refractivity contribution in [3.8, 4) is 0 Å². The van der Waals surface area contributed by atoms with E-state index in [-0.39, 0.29) is 12.5 Å². The van der Waals surface area contributed by atoms with Crippen molar-refractivity contribution in [1.29, 1.82) is 0 Å². The second-order valence-corrected chi connectivity index (χ2v) is 5.52. The molecule has 0 radical (unpaired) electrons. The van der Waals surface area contributed by atoms with E-state index < -0.39 is 0 Å². The molecule has 0 saturated heterocycles. The summed E-state index contributed by atoms with van der Waals surface area (Å²) in [7, 11) is 0. The monoisotopic (exact) mass is 270 g/mol. The first-order valence-electron chi connectivity index (χ1n) is 6.00. The molecule has 0 aliphatic heterocycles. The molecule has 1 aromatic rings. The van der Waals surface area contributed by atoms with E-state index in [4.69, 9.17) is 11.6 Å². The van der Waals surface area contributed by atoms with Gasteiger partial charge in [-0.3, -0.25) is 15.1 Å². The van der Waals surface area contributed by atoms with Gasteiger partial charge in [-0.2, -0.15) is 0 Å². The minimum atomic E-state index is -0.302. The summed E-state index contributed by atoms with van der Waals surface area (Å²) >= 11 is 1.39. The summed E-state index contributed by atoms with van der Waals surface area (Å²) < 4.78 is 0. The largest absolute Gasteiger partial charge is 0.369 e. The predicted molar refractivity (Wildman–Crippen MR) is 69.6 cm³/mol. The highest BCUT2D eigenvalue weighted by molar-refractivity contribution is 7.15. The Morgan fingerprint density at radius 1 is 1.44 bits per heavy atom. The summed E-state index contributed by atoms with van der Waals surface area (Å²) in [6.45, 7) is 0.878. The molecule has 1 fully saturated rings. The molecule has 0 spiro atoms.